The molecule has 6 heteroatoms. The Hall–Kier alpha value is -1.56. The summed E-state index contributed by atoms with van der Waals surface area (Å²) in [5.74, 6) is -9.68. The zero-order valence-corrected chi connectivity index (χ0v) is 10.4. The lowest BCUT2D eigenvalue weighted by molar-refractivity contribution is 0.381. The summed E-state index contributed by atoms with van der Waals surface area (Å²) in [5, 5.41) is 0. The molecule has 0 aliphatic carbocycles. The highest BCUT2D eigenvalue weighted by Gasteiger charge is 2.26. The second-order valence-electron chi connectivity index (χ2n) is 3.68. The van der Waals surface area contributed by atoms with Crippen molar-refractivity contribution in [2.24, 2.45) is 0 Å². The number of rotatable bonds is 2. The first-order chi connectivity index (χ1) is 8.97. The van der Waals surface area contributed by atoms with Crippen LogP contribution in [-0.2, 0) is 0 Å². The fraction of sp³-hybridized carbons (Fsp3) is 0.0769. The van der Waals surface area contributed by atoms with Gasteiger partial charge in [-0.3, -0.25) is 0 Å². The summed E-state index contributed by atoms with van der Waals surface area (Å²) in [5.41, 5.74) is -0.966. The third-order valence-corrected chi connectivity index (χ3v) is 3.29. The standard InChI is InChI=1S/C13H7F5S/c1-19-7-4-2-3-6(5-7)8-9(14)11(16)13(18)12(17)10(8)15/h2-5H,1H3. The van der Waals surface area contributed by atoms with Gasteiger partial charge in [0, 0.05) is 4.90 Å². The van der Waals surface area contributed by atoms with E-state index in [9.17, 15) is 22.0 Å². The van der Waals surface area contributed by atoms with E-state index in [2.05, 4.69) is 0 Å². The van der Waals surface area contributed by atoms with Crippen molar-refractivity contribution in [2.75, 3.05) is 6.26 Å². The summed E-state index contributed by atoms with van der Waals surface area (Å²) in [6.45, 7) is 0. The molecule has 0 spiro atoms. The summed E-state index contributed by atoms with van der Waals surface area (Å²) in [4.78, 5) is 0.654. The van der Waals surface area contributed by atoms with Crippen LogP contribution >= 0.6 is 11.8 Å². The van der Waals surface area contributed by atoms with Crippen molar-refractivity contribution in [3.63, 3.8) is 0 Å². The Morgan fingerprint density at radius 3 is 1.84 bits per heavy atom. The van der Waals surface area contributed by atoms with E-state index in [0.717, 1.165) is 0 Å². The van der Waals surface area contributed by atoms with E-state index in [0.29, 0.717) is 4.90 Å². The number of thioether (sulfide) groups is 1. The minimum absolute atomic E-state index is 0.0559. The fourth-order valence-corrected chi connectivity index (χ4v) is 2.10. The highest BCUT2D eigenvalue weighted by molar-refractivity contribution is 7.98. The van der Waals surface area contributed by atoms with E-state index in [1.807, 2.05) is 0 Å². The second-order valence-corrected chi connectivity index (χ2v) is 4.56. The number of hydrogen-bond acceptors (Lipinski definition) is 1. The van der Waals surface area contributed by atoms with Gasteiger partial charge in [0.1, 0.15) is 0 Å². The highest BCUT2D eigenvalue weighted by atomic mass is 32.2. The van der Waals surface area contributed by atoms with Gasteiger partial charge in [-0.2, -0.15) is 0 Å². The Morgan fingerprint density at radius 2 is 1.32 bits per heavy atom. The van der Waals surface area contributed by atoms with Crippen LogP contribution in [0.1, 0.15) is 0 Å². The molecule has 2 aromatic rings. The molecule has 19 heavy (non-hydrogen) atoms. The molecule has 0 saturated carbocycles. The summed E-state index contributed by atoms with van der Waals surface area (Å²) >= 11 is 1.29. The van der Waals surface area contributed by atoms with Gasteiger partial charge in [-0.25, -0.2) is 22.0 Å². The van der Waals surface area contributed by atoms with Crippen LogP contribution in [0.5, 0.6) is 0 Å². The molecule has 0 aromatic heterocycles. The van der Waals surface area contributed by atoms with Gasteiger partial charge in [-0.05, 0) is 24.0 Å². The van der Waals surface area contributed by atoms with Crippen molar-refractivity contribution in [3.8, 4) is 11.1 Å². The van der Waals surface area contributed by atoms with Gasteiger partial charge in [0.15, 0.2) is 23.3 Å². The topological polar surface area (TPSA) is 0 Å². The third kappa shape index (κ3) is 2.32. The van der Waals surface area contributed by atoms with Gasteiger partial charge < -0.3 is 0 Å². The molecular formula is C13H7F5S. The lowest BCUT2D eigenvalue weighted by atomic mass is 10.0. The second kappa shape index (κ2) is 5.21. The first kappa shape index (κ1) is 13.9. The maximum atomic E-state index is 13.6. The van der Waals surface area contributed by atoms with E-state index in [-0.39, 0.29) is 5.56 Å². The van der Waals surface area contributed by atoms with E-state index in [4.69, 9.17) is 0 Å². The van der Waals surface area contributed by atoms with Crippen molar-refractivity contribution >= 4 is 11.8 Å². The first-order valence-corrected chi connectivity index (χ1v) is 6.35. The van der Waals surface area contributed by atoms with Gasteiger partial charge in [-0.15, -0.1) is 11.8 Å². The molecule has 0 aliphatic rings. The van der Waals surface area contributed by atoms with Crippen molar-refractivity contribution in [2.45, 2.75) is 4.90 Å². The third-order valence-electron chi connectivity index (χ3n) is 2.57. The van der Waals surface area contributed by atoms with E-state index in [1.165, 1.54) is 30.0 Å². The molecule has 0 radical (unpaired) electrons. The Morgan fingerprint density at radius 1 is 0.789 bits per heavy atom. The molecule has 0 atom stereocenters. The van der Waals surface area contributed by atoms with Crippen LogP contribution < -0.4 is 0 Å². The van der Waals surface area contributed by atoms with Gasteiger partial charge >= 0.3 is 0 Å². The molecular weight excluding hydrogens is 283 g/mol. The lowest BCUT2D eigenvalue weighted by Gasteiger charge is -2.09. The van der Waals surface area contributed by atoms with Crippen LogP contribution in [0.4, 0.5) is 22.0 Å². The molecule has 0 N–H and O–H groups in total. The molecule has 0 fully saturated rings. The van der Waals surface area contributed by atoms with Crippen LogP contribution in [0.2, 0.25) is 0 Å². The Labute approximate surface area is 110 Å². The zero-order valence-electron chi connectivity index (χ0n) is 9.61. The summed E-state index contributed by atoms with van der Waals surface area (Å²) < 4.78 is 66.3. The summed E-state index contributed by atoms with van der Waals surface area (Å²) in [7, 11) is 0. The Balaban J connectivity index is 2.75. The first-order valence-electron chi connectivity index (χ1n) is 5.13. The van der Waals surface area contributed by atoms with E-state index in [1.54, 1.807) is 12.3 Å². The molecule has 0 bridgehead atoms. The molecule has 0 saturated heterocycles. The summed E-state index contributed by atoms with van der Waals surface area (Å²) in [6, 6.07) is 5.81. The van der Waals surface area contributed by atoms with Crippen LogP contribution in [0.3, 0.4) is 0 Å². The van der Waals surface area contributed by atoms with E-state index >= 15 is 0 Å². The largest absolute Gasteiger partial charge is 0.203 e. The normalized spacial score (nSPS) is 10.8. The summed E-state index contributed by atoms with van der Waals surface area (Å²) in [6.07, 6.45) is 1.73. The molecule has 100 valence electrons. The minimum atomic E-state index is -2.15. The van der Waals surface area contributed by atoms with Crippen molar-refractivity contribution < 1.29 is 22.0 Å². The zero-order chi connectivity index (χ0) is 14.2. The molecule has 2 aromatic carbocycles. The van der Waals surface area contributed by atoms with Crippen molar-refractivity contribution in [3.05, 3.63) is 53.4 Å². The average Bonchev–Trinajstić information content (AvgIpc) is 2.43. The van der Waals surface area contributed by atoms with Crippen molar-refractivity contribution in [1.82, 2.24) is 0 Å². The SMILES string of the molecule is CSc1cccc(-c2c(F)c(F)c(F)c(F)c2F)c1. The quantitative estimate of drug-likeness (QED) is 0.332. The lowest BCUT2D eigenvalue weighted by Crippen LogP contribution is -2.04. The van der Waals surface area contributed by atoms with Crippen LogP contribution in [0.15, 0.2) is 29.2 Å². The number of hydrogen-bond donors (Lipinski definition) is 0. The number of benzene rings is 2. The van der Waals surface area contributed by atoms with Crippen LogP contribution in [0, 0.1) is 29.1 Å². The molecule has 0 heterocycles. The highest BCUT2D eigenvalue weighted by Crippen LogP contribution is 2.32. The van der Waals surface area contributed by atoms with Gasteiger partial charge in [0.05, 0.1) is 5.56 Å². The predicted molar refractivity (Wildman–Crippen MR) is 63.4 cm³/mol. The smallest absolute Gasteiger partial charge is 0.200 e. The fourth-order valence-electron chi connectivity index (χ4n) is 1.64. The van der Waals surface area contributed by atoms with Crippen molar-refractivity contribution in [1.29, 1.82) is 0 Å². The average molecular weight is 290 g/mol. The minimum Gasteiger partial charge on any atom is -0.203 e. The monoisotopic (exact) mass is 290 g/mol. The van der Waals surface area contributed by atoms with Gasteiger partial charge in [-0.1, -0.05) is 12.1 Å². The maximum absolute atomic E-state index is 13.6. The molecule has 0 aliphatic heterocycles. The van der Waals surface area contributed by atoms with Gasteiger partial charge in [0.2, 0.25) is 5.82 Å². The number of halogens is 5. The molecule has 0 unspecified atom stereocenters. The molecule has 2 rings (SSSR count). The van der Waals surface area contributed by atoms with Crippen LogP contribution in [-0.4, -0.2) is 6.26 Å². The maximum Gasteiger partial charge on any atom is 0.200 e. The van der Waals surface area contributed by atoms with Crippen LogP contribution in [0.25, 0.3) is 11.1 Å². The Bertz CT molecular complexity index is 610. The van der Waals surface area contributed by atoms with E-state index < -0.39 is 34.6 Å². The molecule has 0 nitrogen and oxygen atoms in total. The molecule has 0 amide bonds. The Kier molecular flexibility index (Phi) is 3.80. The predicted octanol–water partition coefficient (Wildman–Crippen LogP) is 4.77. The van der Waals surface area contributed by atoms with Gasteiger partial charge in [0.25, 0.3) is 0 Å².